The summed E-state index contributed by atoms with van der Waals surface area (Å²) < 4.78 is 0. The van der Waals surface area contributed by atoms with Crippen LogP contribution in [0.5, 0.6) is 0 Å². The molecule has 0 radical (unpaired) electrons. The predicted molar refractivity (Wildman–Crippen MR) is 79.8 cm³/mol. The molecule has 1 aliphatic rings. The Kier molecular flexibility index (Phi) is 4.33. The molecule has 1 fully saturated rings. The maximum Gasteiger partial charge on any atom is 0.229 e. The first kappa shape index (κ1) is 14.9. The molecule has 4 nitrogen and oxygen atoms in total. The third-order valence-corrected chi connectivity index (χ3v) is 4.09. The molecule has 1 aromatic rings. The van der Waals surface area contributed by atoms with Crippen molar-refractivity contribution >= 4 is 29.1 Å². The average molecular weight is 295 g/mol. The molecule has 5 heteroatoms. The summed E-state index contributed by atoms with van der Waals surface area (Å²) in [6.45, 7) is 6.26. The molecule has 108 valence electrons. The molecule has 1 saturated heterocycles. The zero-order chi connectivity index (χ0) is 14.9. The summed E-state index contributed by atoms with van der Waals surface area (Å²) in [7, 11) is 0. The Hall–Kier alpha value is -1.55. The van der Waals surface area contributed by atoms with E-state index < -0.39 is 0 Å². The van der Waals surface area contributed by atoms with Gasteiger partial charge in [-0.25, -0.2) is 0 Å². The number of likely N-dealkylation sites (tertiary alicyclic amines) is 1. The van der Waals surface area contributed by atoms with E-state index in [1.807, 2.05) is 26.8 Å². The van der Waals surface area contributed by atoms with E-state index in [2.05, 4.69) is 5.32 Å². The molecule has 0 spiro atoms. The van der Waals surface area contributed by atoms with Crippen LogP contribution in [0, 0.1) is 12.8 Å². The molecule has 2 rings (SSSR count). The summed E-state index contributed by atoms with van der Waals surface area (Å²) in [5, 5.41) is 3.49. The molecular weight excluding hydrogens is 276 g/mol. The fourth-order valence-corrected chi connectivity index (χ4v) is 2.56. The molecule has 20 heavy (non-hydrogen) atoms. The Morgan fingerprint density at radius 3 is 2.75 bits per heavy atom. The van der Waals surface area contributed by atoms with Gasteiger partial charge in [0.15, 0.2) is 0 Å². The van der Waals surface area contributed by atoms with Crippen LogP contribution >= 0.6 is 11.6 Å². The van der Waals surface area contributed by atoms with E-state index in [1.54, 1.807) is 17.0 Å². The number of hydrogen-bond acceptors (Lipinski definition) is 2. The second-order valence-corrected chi connectivity index (χ2v) is 5.85. The highest BCUT2D eigenvalue weighted by molar-refractivity contribution is 6.31. The number of halogens is 1. The van der Waals surface area contributed by atoms with Gasteiger partial charge in [-0.15, -0.1) is 0 Å². The van der Waals surface area contributed by atoms with E-state index in [1.165, 1.54) is 0 Å². The van der Waals surface area contributed by atoms with Crippen molar-refractivity contribution in [2.75, 3.05) is 11.9 Å². The molecule has 1 atom stereocenters. The molecule has 1 unspecified atom stereocenters. The smallest absolute Gasteiger partial charge is 0.229 e. The Labute approximate surface area is 124 Å². The van der Waals surface area contributed by atoms with Gasteiger partial charge < -0.3 is 10.2 Å². The molecule has 0 bridgehead atoms. The van der Waals surface area contributed by atoms with Crippen LogP contribution in [0.4, 0.5) is 5.69 Å². The van der Waals surface area contributed by atoms with Crippen molar-refractivity contribution in [2.24, 2.45) is 5.92 Å². The Bertz CT molecular complexity index is 543. The van der Waals surface area contributed by atoms with Gasteiger partial charge in [0.05, 0.1) is 5.92 Å². The van der Waals surface area contributed by atoms with E-state index >= 15 is 0 Å². The van der Waals surface area contributed by atoms with Crippen molar-refractivity contribution in [3.05, 3.63) is 28.8 Å². The maximum atomic E-state index is 12.3. The topological polar surface area (TPSA) is 49.4 Å². The van der Waals surface area contributed by atoms with Crippen LogP contribution in [0.25, 0.3) is 0 Å². The first-order valence-electron chi connectivity index (χ1n) is 6.75. The Morgan fingerprint density at radius 1 is 1.45 bits per heavy atom. The van der Waals surface area contributed by atoms with Gasteiger partial charge in [0, 0.05) is 29.7 Å². The fourth-order valence-electron chi connectivity index (χ4n) is 2.38. The summed E-state index contributed by atoms with van der Waals surface area (Å²) in [5.74, 6) is -0.363. The quantitative estimate of drug-likeness (QED) is 0.932. The van der Waals surface area contributed by atoms with Crippen molar-refractivity contribution in [1.29, 1.82) is 0 Å². The molecule has 1 aliphatic heterocycles. The molecule has 1 heterocycles. The number of amides is 2. The first-order valence-corrected chi connectivity index (χ1v) is 7.13. The number of carbonyl (C=O) groups is 2. The number of nitrogens with zero attached hydrogens (tertiary/aromatic N) is 1. The molecule has 1 aromatic carbocycles. The third kappa shape index (κ3) is 2.96. The predicted octanol–water partition coefficient (Wildman–Crippen LogP) is 2.84. The lowest BCUT2D eigenvalue weighted by atomic mass is 10.1. The monoisotopic (exact) mass is 294 g/mol. The SMILES string of the molecule is Cc1c(Cl)cccc1NC(=O)C1CC(=O)N(C(C)C)C1. The van der Waals surface area contributed by atoms with Gasteiger partial charge in [-0.2, -0.15) is 0 Å². The van der Waals surface area contributed by atoms with Gasteiger partial charge in [-0.05, 0) is 38.5 Å². The number of anilines is 1. The van der Waals surface area contributed by atoms with E-state index in [9.17, 15) is 9.59 Å². The molecule has 1 N–H and O–H groups in total. The highest BCUT2D eigenvalue weighted by atomic mass is 35.5. The van der Waals surface area contributed by atoms with Crippen LogP contribution < -0.4 is 5.32 Å². The summed E-state index contributed by atoms with van der Waals surface area (Å²) in [4.78, 5) is 25.8. The summed E-state index contributed by atoms with van der Waals surface area (Å²) in [5.41, 5.74) is 1.55. The van der Waals surface area contributed by atoms with E-state index in [4.69, 9.17) is 11.6 Å². The van der Waals surface area contributed by atoms with Crippen LogP contribution in [-0.4, -0.2) is 29.3 Å². The summed E-state index contributed by atoms with van der Waals surface area (Å²) >= 11 is 6.03. The minimum absolute atomic E-state index is 0.0444. The van der Waals surface area contributed by atoms with Crippen LogP contribution in [0.3, 0.4) is 0 Å². The first-order chi connectivity index (χ1) is 9.40. The van der Waals surface area contributed by atoms with Crippen molar-refractivity contribution in [3.63, 3.8) is 0 Å². The normalized spacial score (nSPS) is 18.8. The highest BCUT2D eigenvalue weighted by Gasteiger charge is 2.35. The molecule has 2 amide bonds. The fraction of sp³-hybridized carbons (Fsp3) is 0.467. The summed E-state index contributed by atoms with van der Waals surface area (Å²) in [6.07, 6.45) is 0.281. The van der Waals surface area contributed by atoms with Crippen molar-refractivity contribution in [1.82, 2.24) is 4.90 Å². The molecule has 0 saturated carbocycles. The number of benzene rings is 1. The van der Waals surface area contributed by atoms with E-state index in [-0.39, 0.29) is 30.2 Å². The highest BCUT2D eigenvalue weighted by Crippen LogP contribution is 2.25. The van der Waals surface area contributed by atoms with Crippen molar-refractivity contribution < 1.29 is 9.59 Å². The van der Waals surface area contributed by atoms with Crippen LogP contribution in [0.2, 0.25) is 5.02 Å². The van der Waals surface area contributed by atoms with Crippen LogP contribution in [0.1, 0.15) is 25.8 Å². The second kappa shape index (κ2) is 5.83. The average Bonchev–Trinajstić information content (AvgIpc) is 2.77. The molecular formula is C15H19ClN2O2. The Balaban J connectivity index is 2.06. The second-order valence-electron chi connectivity index (χ2n) is 5.44. The number of hydrogen-bond donors (Lipinski definition) is 1. The lowest BCUT2D eigenvalue weighted by Gasteiger charge is -2.20. The molecule has 0 aromatic heterocycles. The van der Waals surface area contributed by atoms with Gasteiger partial charge >= 0.3 is 0 Å². The zero-order valence-corrected chi connectivity index (χ0v) is 12.7. The van der Waals surface area contributed by atoms with Crippen LogP contribution in [0.15, 0.2) is 18.2 Å². The van der Waals surface area contributed by atoms with E-state index in [0.717, 1.165) is 5.56 Å². The third-order valence-electron chi connectivity index (χ3n) is 3.68. The van der Waals surface area contributed by atoms with E-state index in [0.29, 0.717) is 17.3 Å². The summed E-state index contributed by atoms with van der Waals surface area (Å²) in [6, 6.07) is 5.53. The molecule has 0 aliphatic carbocycles. The Morgan fingerprint density at radius 2 is 2.15 bits per heavy atom. The van der Waals surface area contributed by atoms with Gasteiger partial charge in [-0.3, -0.25) is 9.59 Å². The minimum Gasteiger partial charge on any atom is -0.339 e. The van der Waals surface area contributed by atoms with Gasteiger partial charge in [0.25, 0.3) is 0 Å². The largest absolute Gasteiger partial charge is 0.339 e. The number of carbonyl (C=O) groups excluding carboxylic acids is 2. The van der Waals surface area contributed by atoms with Crippen molar-refractivity contribution in [3.8, 4) is 0 Å². The van der Waals surface area contributed by atoms with Gasteiger partial charge in [0.2, 0.25) is 11.8 Å². The number of rotatable bonds is 3. The van der Waals surface area contributed by atoms with Gasteiger partial charge in [-0.1, -0.05) is 17.7 Å². The number of nitrogens with one attached hydrogen (secondary N) is 1. The standard InChI is InChI=1S/C15H19ClN2O2/c1-9(2)18-8-11(7-14(18)19)15(20)17-13-6-4-5-12(16)10(13)3/h4-6,9,11H,7-8H2,1-3H3,(H,17,20). The maximum absolute atomic E-state index is 12.3. The van der Waals surface area contributed by atoms with Gasteiger partial charge in [0.1, 0.15) is 0 Å². The minimum atomic E-state index is -0.289. The lowest BCUT2D eigenvalue weighted by Crippen LogP contribution is -2.33. The van der Waals surface area contributed by atoms with Crippen LogP contribution in [-0.2, 0) is 9.59 Å². The lowest BCUT2D eigenvalue weighted by molar-refractivity contribution is -0.129. The zero-order valence-electron chi connectivity index (χ0n) is 11.9. The van der Waals surface area contributed by atoms with Crippen molar-refractivity contribution in [2.45, 2.75) is 33.2 Å².